The Morgan fingerprint density at radius 3 is 1.23 bits per heavy atom. The summed E-state index contributed by atoms with van der Waals surface area (Å²) in [5, 5.41) is 38.2. The van der Waals surface area contributed by atoms with Crippen molar-refractivity contribution in [3.8, 4) is 0 Å². The first-order chi connectivity index (χ1) is 47.2. The molecule has 0 bridgehead atoms. The van der Waals surface area contributed by atoms with E-state index in [4.69, 9.17) is 28.2 Å². The van der Waals surface area contributed by atoms with Crippen LogP contribution in [0.4, 0.5) is 28.3 Å². The number of thiazole rings is 1. The van der Waals surface area contributed by atoms with Crippen LogP contribution in [0.5, 0.6) is 0 Å². The van der Waals surface area contributed by atoms with Crippen molar-refractivity contribution in [2.45, 2.75) is 77.0 Å². The normalized spacial score (nSPS) is 17.1. The number of aromatic nitrogens is 6. The zero-order chi connectivity index (χ0) is 66.9. The molecule has 0 spiro atoms. The van der Waals surface area contributed by atoms with E-state index in [2.05, 4.69) is 126 Å². The summed E-state index contributed by atoms with van der Waals surface area (Å²) in [5.74, 6) is 0.682. The number of rotatable bonds is 12. The third-order valence-corrected chi connectivity index (χ3v) is 19.3. The van der Waals surface area contributed by atoms with E-state index in [1.165, 1.54) is 29.1 Å². The Morgan fingerprint density at radius 1 is 0.474 bits per heavy atom. The molecule has 3 atom stereocenters. The molecule has 0 saturated heterocycles. The standard InChI is InChI=1S/C25H26BrN5O2.C22H17BrN6O2S.C21H16BrN7O2S/c1-15-21(23(32)28-16-9-3-2-4-10-16)22(17-11-5-6-12-18(17)26)30-24(27-15)31-25-29-19-13-7-8-14-20(19)33-25;1-12-17(19(30)28-22-24-10-11-32-22)18(13-6-2-3-7-14(13)23)27-20(25-12)29-21-26-15-8-4-5-9-16(15)31-21;1-11-16(18(30)27-21-29-23-10-32-21)17(12-6-2-3-7-13(12)22)26-19(24-11)28-20-25-14-8-4-5-9-15(14)31-20/h5-8,11-14,16,22H,2-4,9-10H2,1H3,(H,28,32)(H2,27,29,30,31);2-11,18H,1H3,(H,24,28,30)(H2,25,26,27,29);2-10,17H,1H3,(H,27,29,30)(H2,24,25,26,28). The molecule has 15 rings (SSSR count). The number of halogens is 3. The van der Waals surface area contributed by atoms with Gasteiger partial charge in [-0.3, -0.25) is 41.0 Å². The van der Waals surface area contributed by atoms with Gasteiger partial charge in [-0.25, -0.2) is 20.0 Å². The van der Waals surface area contributed by atoms with Gasteiger partial charge in [-0.15, -0.1) is 21.5 Å². The van der Waals surface area contributed by atoms with E-state index in [1.807, 2.05) is 172 Å². The summed E-state index contributed by atoms with van der Waals surface area (Å²) in [6.45, 7) is 5.56. The fourth-order valence-electron chi connectivity index (χ4n) is 11.3. The van der Waals surface area contributed by atoms with Gasteiger partial charge in [0.15, 0.2) is 21.9 Å². The molecule has 1 fully saturated rings. The number of aliphatic imine (C=N–C) groups is 3. The molecule has 29 heteroatoms. The minimum Gasteiger partial charge on any atom is -0.423 e. The van der Waals surface area contributed by atoms with Crippen molar-refractivity contribution in [3.05, 3.63) is 227 Å². The SMILES string of the molecule is CC1=C(C(=O)NC2CCCCC2)C(c2ccccc2Br)N=C(Nc2nc3ccccc3o2)N1.CC1=C(C(=O)Nc2nccs2)C(c2ccccc2Br)N=C(Nc2nc3ccccc3o2)N1.CC1=C(C(=O)Nc2nncs2)C(c2ccccc2Br)N=C(Nc2nc3ccccc3o2)N1. The summed E-state index contributed by atoms with van der Waals surface area (Å²) in [7, 11) is 0. The Labute approximate surface area is 587 Å². The number of benzene rings is 6. The van der Waals surface area contributed by atoms with Gasteiger partial charge in [0.05, 0.1) is 16.7 Å². The fourth-order valence-corrected chi connectivity index (χ4v) is 13.8. The number of carbonyl (C=O) groups is 3. The van der Waals surface area contributed by atoms with Crippen LogP contribution in [-0.4, -0.2) is 71.8 Å². The molecule has 0 radical (unpaired) electrons. The highest BCUT2D eigenvalue weighted by Crippen LogP contribution is 2.39. The lowest BCUT2D eigenvalue weighted by Gasteiger charge is -2.29. The molecule has 5 aromatic heterocycles. The highest BCUT2D eigenvalue weighted by atomic mass is 79.9. The average molecular weight is 1530 g/mol. The van der Waals surface area contributed by atoms with Crippen molar-refractivity contribution in [1.29, 1.82) is 0 Å². The van der Waals surface area contributed by atoms with Gasteiger partial charge in [-0.05, 0) is 105 Å². The van der Waals surface area contributed by atoms with E-state index in [-0.39, 0.29) is 23.8 Å². The lowest BCUT2D eigenvalue weighted by molar-refractivity contribution is -0.119. The van der Waals surface area contributed by atoms with Crippen LogP contribution in [0.3, 0.4) is 0 Å². The lowest BCUT2D eigenvalue weighted by Crippen LogP contribution is -2.42. The first-order valence-corrected chi connectivity index (χ1v) is 34.8. The second-order valence-corrected chi connectivity index (χ2v) is 26.6. The topological polar surface area (TPSA) is 313 Å². The third kappa shape index (κ3) is 15.4. The summed E-state index contributed by atoms with van der Waals surface area (Å²) in [6.07, 6.45) is 7.26. The number of allylic oxidation sites excluding steroid dienone is 3. The van der Waals surface area contributed by atoms with E-state index in [9.17, 15) is 14.4 Å². The zero-order valence-electron chi connectivity index (χ0n) is 51.9. The van der Waals surface area contributed by atoms with Crippen LogP contribution in [0.25, 0.3) is 33.3 Å². The Kier molecular flexibility index (Phi) is 20.1. The highest BCUT2D eigenvalue weighted by molar-refractivity contribution is 9.11. The smallest absolute Gasteiger partial charge is 0.302 e. The molecule has 3 amide bonds. The van der Waals surface area contributed by atoms with Crippen LogP contribution in [0.2, 0.25) is 0 Å². The molecule has 97 heavy (non-hydrogen) atoms. The van der Waals surface area contributed by atoms with Gasteiger partial charge in [-0.2, -0.15) is 15.0 Å². The maximum absolute atomic E-state index is 13.4. The van der Waals surface area contributed by atoms with Crippen molar-refractivity contribution in [1.82, 2.24) is 51.4 Å². The van der Waals surface area contributed by atoms with Crippen molar-refractivity contribution in [2.24, 2.45) is 15.0 Å². The molecule has 8 heterocycles. The fraction of sp³-hybridized carbons (Fsp3) is 0.176. The summed E-state index contributed by atoms with van der Waals surface area (Å²) < 4.78 is 19.9. The molecule has 3 aliphatic heterocycles. The minimum absolute atomic E-state index is 0.0719. The number of amides is 3. The van der Waals surface area contributed by atoms with Crippen molar-refractivity contribution >= 4 is 168 Å². The zero-order valence-corrected chi connectivity index (χ0v) is 58.2. The predicted octanol–water partition coefficient (Wildman–Crippen LogP) is 15.0. The van der Waals surface area contributed by atoms with Crippen molar-refractivity contribution in [2.75, 3.05) is 26.6 Å². The number of carbonyl (C=O) groups excluding carboxylic acids is 3. The molecule has 24 nitrogen and oxygen atoms in total. The summed E-state index contributed by atoms with van der Waals surface area (Å²) in [6, 6.07) is 45.3. The largest absolute Gasteiger partial charge is 0.423 e. The highest BCUT2D eigenvalue weighted by Gasteiger charge is 2.35. The van der Waals surface area contributed by atoms with E-state index < -0.39 is 18.1 Å². The summed E-state index contributed by atoms with van der Waals surface area (Å²) in [4.78, 5) is 71.7. The monoisotopic (exact) mass is 1520 g/mol. The Bertz CT molecular complexity index is 4630. The van der Waals surface area contributed by atoms with Crippen LogP contribution < -0.4 is 47.9 Å². The Hall–Kier alpha value is -10.2. The van der Waals surface area contributed by atoms with Gasteiger partial charge >= 0.3 is 18.0 Å². The molecule has 1 aliphatic carbocycles. The number of hydrogen-bond donors (Lipinski definition) is 9. The Balaban J connectivity index is 0.000000131. The van der Waals surface area contributed by atoms with E-state index in [0.29, 0.717) is 91.0 Å². The number of nitrogens with zero attached hydrogens (tertiary/aromatic N) is 9. The molecule has 1 saturated carbocycles. The summed E-state index contributed by atoms with van der Waals surface area (Å²) in [5.41, 5.74) is 12.1. The second-order valence-electron chi connectivity index (χ2n) is 22.3. The predicted molar refractivity (Wildman–Crippen MR) is 388 cm³/mol. The van der Waals surface area contributed by atoms with Gasteiger partial charge in [0, 0.05) is 48.1 Å². The molecule has 4 aliphatic rings. The van der Waals surface area contributed by atoms with Gasteiger partial charge in [0.2, 0.25) is 23.0 Å². The average Bonchev–Trinajstić information content (AvgIpc) is 0.911. The van der Waals surface area contributed by atoms with Gasteiger partial charge in [-0.1, -0.05) is 169 Å². The van der Waals surface area contributed by atoms with Gasteiger partial charge in [0.25, 0.3) is 17.7 Å². The Morgan fingerprint density at radius 2 is 0.856 bits per heavy atom. The first-order valence-electron chi connectivity index (χ1n) is 30.6. The molecular formula is C68H59Br3N18O6S2. The van der Waals surface area contributed by atoms with E-state index in [1.54, 1.807) is 11.7 Å². The van der Waals surface area contributed by atoms with Crippen LogP contribution >= 0.6 is 70.5 Å². The molecular weight excluding hydrogens is 1470 g/mol. The molecule has 9 N–H and O–H groups in total. The maximum Gasteiger partial charge on any atom is 0.302 e. The number of guanidine groups is 3. The van der Waals surface area contributed by atoms with Gasteiger partial charge < -0.3 is 34.5 Å². The lowest BCUT2D eigenvalue weighted by atomic mass is 9.93. The number of anilines is 5. The molecule has 6 aromatic carbocycles. The number of para-hydroxylation sites is 6. The number of oxazole rings is 3. The maximum atomic E-state index is 13.4. The summed E-state index contributed by atoms with van der Waals surface area (Å²) >= 11 is 13.4. The number of hydrogen-bond acceptors (Lipinski definition) is 23. The van der Waals surface area contributed by atoms with E-state index >= 15 is 0 Å². The third-order valence-electron chi connectivity index (χ3n) is 15.8. The molecule has 3 unspecified atom stereocenters. The van der Waals surface area contributed by atoms with Crippen molar-refractivity contribution in [3.63, 3.8) is 0 Å². The first kappa shape index (κ1) is 65.5. The van der Waals surface area contributed by atoms with Crippen molar-refractivity contribution < 1.29 is 27.6 Å². The van der Waals surface area contributed by atoms with Crippen LogP contribution in [0.1, 0.15) is 87.7 Å². The minimum atomic E-state index is -0.577. The van der Waals surface area contributed by atoms with Crippen LogP contribution in [0, 0.1) is 0 Å². The number of nitrogens with one attached hydrogen (secondary N) is 9. The van der Waals surface area contributed by atoms with E-state index in [0.717, 1.165) is 78.0 Å². The molecule has 11 aromatic rings. The van der Waals surface area contributed by atoms with Crippen LogP contribution in [-0.2, 0) is 14.4 Å². The quantitative estimate of drug-likeness (QED) is 0.0549. The van der Waals surface area contributed by atoms with Gasteiger partial charge in [0.1, 0.15) is 40.2 Å². The second kappa shape index (κ2) is 29.8. The number of fused-ring (bicyclic) bond motifs is 3. The molecule has 490 valence electrons. The van der Waals surface area contributed by atoms with Crippen LogP contribution in [0.15, 0.2) is 238 Å².